The number of rotatable bonds is 4. The third-order valence-electron chi connectivity index (χ3n) is 3.89. The molecule has 0 saturated carbocycles. The molecular weight excluding hydrogens is 375 g/mol. The molecule has 0 aliphatic heterocycles. The summed E-state index contributed by atoms with van der Waals surface area (Å²) in [5.74, 6) is 0.756. The van der Waals surface area contributed by atoms with Crippen molar-refractivity contribution in [2.45, 2.75) is 17.8 Å². The summed E-state index contributed by atoms with van der Waals surface area (Å²) in [6.45, 7) is 1.69. The van der Waals surface area contributed by atoms with E-state index < -0.39 is 0 Å². The fraction of sp³-hybridized carbons (Fsp3) is 0.176. The van der Waals surface area contributed by atoms with E-state index in [-0.39, 0.29) is 11.4 Å². The SMILES string of the molecule is Cc1ccc(-c2noc(CSc3nc4sccc4c(=O)n3C)n2)cc1F. The first kappa shape index (κ1) is 16.9. The number of aryl methyl sites for hydroxylation is 1. The minimum atomic E-state index is -0.313. The van der Waals surface area contributed by atoms with Gasteiger partial charge in [-0.3, -0.25) is 9.36 Å². The Hall–Kier alpha value is -2.52. The van der Waals surface area contributed by atoms with Crippen LogP contribution in [0.3, 0.4) is 0 Å². The summed E-state index contributed by atoms with van der Waals surface area (Å²) in [7, 11) is 1.68. The molecule has 0 amide bonds. The van der Waals surface area contributed by atoms with Gasteiger partial charge in [-0.2, -0.15) is 4.98 Å². The van der Waals surface area contributed by atoms with Crippen LogP contribution in [0.15, 0.2) is 44.1 Å². The van der Waals surface area contributed by atoms with Gasteiger partial charge in [0.05, 0.1) is 11.1 Å². The Morgan fingerprint density at radius 1 is 1.31 bits per heavy atom. The monoisotopic (exact) mass is 388 g/mol. The van der Waals surface area contributed by atoms with E-state index in [0.717, 1.165) is 0 Å². The molecule has 0 N–H and O–H groups in total. The Morgan fingerprint density at radius 2 is 2.15 bits per heavy atom. The number of benzene rings is 1. The first-order chi connectivity index (χ1) is 12.5. The van der Waals surface area contributed by atoms with Crippen molar-refractivity contribution in [3.05, 3.63) is 57.3 Å². The first-order valence-electron chi connectivity index (χ1n) is 7.69. The zero-order valence-corrected chi connectivity index (χ0v) is 15.5. The molecule has 0 radical (unpaired) electrons. The number of thiophene rings is 1. The minimum Gasteiger partial charge on any atom is -0.338 e. The topological polar surface area (TPSA) is 73.8 Å². The second-order valence-electron chi connectivity index (χ2n) is 5.66. The van der Waals surface area contributed by atoms with Crippen molar-refractivity contribution in [2.75, 3.05) is 0 Å². The van der Waals surface area contributed by atoms with Crippen LogP contribution in [0.5, 0.6) is 0 Å². The van der Waals surface area contributed by atoms with Crippen molar-refractivity contribution in [1.82, 2.24) is 19.7 Å². The summed E-state index contributed by atoms with van der Waals surface area (Å²) in [6, 6.07) is 6.57. The molecule has 6 nitrogen and oxygen atoms in total. The van der Waals surface area contributed by atoms with Crippen molar-refractivity contribution < 1.29 is 8.91 Å². The lowest BCUT2D eigenvalue weighted by molar-refractivity contribution is 0.391. The first-order valence-corrected chi connectivity index (χ1v) is 9.55. The van der Waals surface area contributed by atoms with Crippen LogP contribution < -0.4 is 5.56 Å². The van der Waals surface area contributed by atoms with Gasteiger partial charge in [0, 0.05) is 12.6 Å². The molecule has 0 bridgehead atoms. The number of hydrogen-bond acceptors (Lipinski definition) is 7. The number of fused-ring (bicyclic) bond motifs is 1. The van der Waals surface area contributed by atoms with Gasteiger partial charge in [0.2, 0.25) is 11.7 Å². The zero-order valence-electron chi connectivity index (χ0n) is 13.9. The zero-order chi connectivity index (χ0) is 18.3. The minimum absolute atomic E-state index is 0.0832. The van der Waals surface area contributed by atoms with E-state index in [2.05, 4.69) is 15.1 Å². The lowest BCUT2D eigenvalue weighted by Gasteiger charge is -2.05. The van der Waals surface area contributed by atoms with Gasteiger partial charge in [0.15, 0.2) is 5.16 Å². The van der Waals surface area contributed by atoms with E-state index in [1.807, 2.05) is 5.38 Å². The quantitative estimate of drug-likeness (QED) is 0.391. The van der Waals surface area contributed by atoms with Gasteiger partial charge in [0.1, 0.15) is 10.6 Å². The van der Waals surface area contributed by atoms with E-state index in [0.29, 0.717) is 44.0 Å². The smallest absolute Gasteiger partial charge is 0.262 e. The van der Waals surface area contributed by atoms with E-state index in [4.69, 9.17) is 4.52 Å². The number of halogens is 1. The fourth-order valence-electron chi connectivity index (χ4n) is 2.40. The molecule has 1 aromatic carbocycles. The van der Waals surface area contributed by atoms with Crippen molar-refractivity contribution in [1.29, 1.82) is 0 Å². The van der Waals surface area contributed by atoms with Gasteiger partial charge in [-0.1, -0.05) is 29.1 Å². The largest absolute Gasteiger partial charge is 0.338 e. The number of thioether (sulfide) groups is 1. The van der Waals surface area contributed by atoms with Crippen LogP contribution in [-0.2, 0) is 12.8 Å². The molecule has 4 rings (SSSR count). The highest BCUT2D eigenvalue weighted by Crippen LogP contribution is 2.24. The summed E-state index contributed by atoms with van der Waals surface area (Å²) in [5, 5.41) is 6.93. The van der Waals surface area contributed by atoms with Crippen LogP contribution in [0.1, 0.15) is 11.5 Å². The van der Waals surface area contributed by atoms with Crippen LogP contribution in [0.4, 0.5) is 4.39 Å². The Labute approximate surface area is 155 Å². The number of hydrogen-bond donors (Lipinski definition) is 0. The van der Waals surface area contributed by atoms with Gasteiger partial charge < -0.3 is 4.52 Å². The van der Waals surface area contributed by atoms with E-state index in [9.17, 15) is 9.18 Å². The molecule has 0 fully saturated rings. The molecule has 3 aromatic heterocycles. The average molecular weight is 388 g/mol. The van der Waals surface area contributed by atoms with Crippen molar-refractivity contribution in [3.63, 3.8) is 0 Å². The van der Waals surface area contributed by atoms with Crippen LogP contribution in [0, 0.1) is 12.7 Å². The van der Waals surface area contributed by atoms with E-state index in [1.54, 1.807) is 32.2 Å². The Bertz CT molecular complexity index is 1170. The predicted octanol–water partition coefficient (Wildman–Crippen LogP) is 3.78. The highest BCUT2D eigenvalue weighted by atomic mass is 32.2. The van der Waals surface area contributed by atoms with Crippen LogP contribution in [-0.4, -0.2) is 19.7 Å². The van der Waals surface area contributed by atoms with Crippen molar-refractivity contribution in [2.24, 2.45) is 7.05 Å². The van der Waals surface area contributed by atoms with Crippen LogP contribution >= 0.6 is 23.1 Å². The standard InChI is InChI=1S/C17H13FN4O2S2/c1-9-3-4-10(7-12(9)18)14-19-13(24-21-14)8-26-17-20-15-11(5-6-25-15)16(23)22(17)2/h3-7H,8H2,1-2H3. The van der Waals surface area contributed by atoms with Crippen molar-refractivity contribution in [3.8, 4) is 11.4 Å². The molecule has 0 spiro atoms. The molecule has 0 saturated heterocycles. The Morgan fingerprint density at radius 3 is 2.96 bits per heavy atom. The molecule has 132 valence electrons. The molecule has 0 unspecified atom stereocenters. The maximum absolute atomic E-state index is 13.7. The molecule has 0 aliphatic rings. The normalized spacial score (nSPS) is 11.3. The fourth-order valence-corrected chi connectivity index (χ4v) is 4.01. The molecule has 0 aliphatic carbocycles. The molecule has 0 atom stereocenters. The number of nitrogens with zero attached hydrogens (tertiary/aromatic N) is 4. The molecule has 4 aromatic rings. The summed E-state index contributed by atoms with van der Waals surface area (Å²) in [4.78, 5) is 21.8. The highest BCUT2D eigenvalue weighted by Gasteiger charge is 2.14. The maximum atomic E-state index is 13.7. The van der Waals surface area contributed by atoms with E-state index in [1.165, 1.54) is 33.7 Å². The lowest BCUT2D eigenvalue weighted by atomic mass is 10.1. The van der Waals surface area contributed by atoms with Crippen molar-refractivity contribution >= 4 is 33.3 Å². The average Bonchev–Trinajstić information content (AvgIpc) is 3.28. The lowest BCUT2D eigenvalue weighted by Crippen LogP contribution is -2.19. The highest BCUT2D eigenvalue weighted by molar-refractivity contribution is 7.98. The van der Waals surface area contributed by atoms with Gasteiger partial charge in [0.25, 0.3) is 5.56 Å². The summed E-state index contributed by atoms with van der Waals surface area (Å²) in [5.41, 5.74) is 1.03. The predicted molar refractivity (Wildman–Crippen MR) is 98.9 cm³/mol. The van der Waals surface area contributed by atoms with Crippen LogP contribution in [0.25, 0.3) is 21.6 Å². The number of aromatic nitrogens is 4. The second-order valence-corrected chi connectivity index (χ2v) is 7.50. The molecule has 9 heteroatoms. The third-order valence-corrected chi connectivity index (χ3v) is 5.71. The van der Waals surface area contributed by atoms with Crippen LogP contribution in [0.2, 0.25) is 0 Å². The second kappa shape index (κ2) is 6.65. The maximum Gasteiger partial charge on any atom is 0.262 e. The molecular formula is C17H13FN4O2S2. The van der Waals surface area contributed by atoms with Gasteiger partial charge in [-0.05, 0) is 30.0 Å². The molecule has 26 heavy (non-hydrogen) atoms. The third kappa shape index (κ3) is 3.04. The van der Waals surface area contributed by atoms with Gasteiger partial charge >= 0.3 is 0 Å². The summed E-state index contributed by atoms with van der Waals surface area (Å²) in [6.07, 6.45) is 0. The van der Waals surface area contributed by atoms with Gasteiger partial charge in [-0.15, -0.1) is 11.3 Å². The Balaban J connectivity index is 1.56. The summed E-state index contributed by atoms with van der Waals surface area (Å²) >= 11 is 2.76. The van der Waals surface area contributed by atoms with E-state index >= 15 is 0 Å². The summed E-state index contributed by atoms with van der Waals surface area (Å²) < 4.78 is 20.4. The Kier molecular flexibility index (Phi) is 4.33. The molecule has 3 heterocycles. The van der Waals surface area contributed by atoms with Gasteiger partial charge in [-0.25, -0.2) is 9.37 Å².